The van der Waals surface area contributed by atoms with Crippen molar-refractivity contribution in [2.24, 2.45) is 0 Å². The van der Waals surface area contributed by atoms with Gasteiger partial charge in [-0.1, -0.05) is 5.92 Å². The Morgan fingerprint density at radius 2 is 2.20 bits per heavy atom. The number of terminal acetylenes is 1. The Hall–Kier alpha value is -0.240. The molecule has 0 atom stereocenters. The third kappa shape index (κ3) is 2.56. The lowest BCUT2D eigenvalue weighted by atomic mass is 10.7. The first-order valence-electron chi connectivity index (χ1n) is 2.48. The molecule has 0 aromatic rings. The van der Waals surface area contributed by atoms with Crippen LogP contribution in [0.3, 0.4) is 0 Å². The molecule has 0 aliphatic rings. The highest BCUT2D eigenvalue weighted by molar-refractivity contribution is 7.90. The van der Waals surface area contributed by atoms with Gasteiger partial charge in [0.15, 0.2) is 0 Å². The Bertz CT molecular complexity index is 229. The first kappa shape index (κ1) is 9.76. The summed E-state index contributed by atoms with van der Waals surface area (Å²) in [6.07, 6.45) is 4.88. The van der Waals surface area contributed by atoms with Gasteiger partial charge in [0.2, 0.25) is 10.0 Å². The van der Waals surface area contributed by atoms with E-state index >= 15 is 0 Å². The smallest absolute Gasteiger partial charge is 0.211 e. The molecular formula is C5H8ClNO2S. The Labute approximate surface area is 66.0 Å². The molecule has 0 amide bonds. The molecule has 0 heterocycles. The van der Waals surface area contributed by atoms with Crippen LogP contribution < -0.4 is 0 Å². The largest absolute Gasteiger partial charge is 0.228 e. The quantitative estimate of drug-likeness (QED) is 0.457. The van der Waals surface area contributed by atoms with Gasteiger partial charge in [-0.2, -0.15) is 4.31 Å². The molecule has 0 bridgehead atoms. The highest BCUT2D eigenvalue weighted by atomic mass is 35.5. The molecule has 0 spiro atoms. The Morgan fingerprint density at radius 3 is 2.50 bits per heavy atom. The molecule has 0 rings (SSSR count). The van der Waals surface area contributed by atoms with Crippen molar-refractivity contribution in [3.8, 4) is 12.3 Å². The van der Waals surface area contributed by atoms with Gasteiger partial charge < -0.3 is 0 Å². The zero-order valence-electron chi connectivity index (χ0n) is 5.54. The summed E-state index contributed by atoms with van der Waals surface area (Å²) >= 11 is 5.13. The number of sulfonamides is 1. The second-order valence-corrected chi connectivity index (χ2v) is 4.34. The van der Waals surface area contributed by atoms with E-state index in [0.29, 0.717) is 0 Å². The molecule has 58 valence electrons. The SMILES string of the molecule is C#CCN(C)S(=O)(=O)CCl. The van der Waals surface area contributed by atoms with E-state index in [-0.39, 0.29) is 6.54 Å². The molecule has 0 aromatic heterocycles. The van der Waals surface area contributed by atoms with Crippen molar-refractivity contribution in [3.05, 3.63) is 0 Å². The monoisotopic (exact) mass is 181 g/mol. The van der Waals surface area contributed by atoms with Crippen molar-refractivity contribution in [1.82, 2.24) is 4.31 Å². The average Bonchev–Trinajstić information content (AvgIpc) is 1.89. The van der Waals surface area contributed by atoms with Gasteiger partial charge in [0.1, 0.15) is 5.21 Å². The van der Waals surface area contributed by atoms with Crippen molar-refractivity contribution in [2.75, 3.05) is 18.8 Å². The van der Waals surface area contributed by atoms with Crippen molar-refractivity contribution >= 4 is 21.6 Å². The van der Waals surface area contributed by atoms with Crippen LogP contribution in [0.4, 0.5) is 0 Å². The summed E-state index contributed by atoms with van der Waals surface area (Å²) in [7, 11) is -1.92. The summed E-state index contributed by atoms with van der Waals surface area (Å²) in [6, 6.07) is 0. The Kier molecular flexibility index (Phi) is 3.72. The van der Waals surface area contributed by atoms with Crippen molar-refractivity contribution in [3.63, 3.8) is 0 Å². The highest BCUT2D eigenvalue weighted by Crippen LogP contribution is 1.98. The Morgan fingerprint density at radius 1 is 1.70 bits per heavy atom. The first-order valence-corrected chi connectivity index (χ1v) is 4.62. The zero-order chi connectivity index (χ0) is 8.20. The van der Waals surface area contributed by atoms with Gasteiger partial charge in [-0.15, -0.1) is 18.0 Å². The Balaban J connectivity index is 4.23. The normalized spacial score (nSPS) is 11.4. The number of rotatable bonds is 3. The van der Waals surface area contributed by atoms with E-state index < -0.39 is 15.2 Å². The number of hydrogen-bond donors (Lipinski definition) is 0. The minimum atomic E-state index is -3.30. The van der Waals surface area contributed by atoms with Crippen LogP contribution in [0, 0.1) is 12.3 Å². The third-order valence-corrected chi connectivity index (χ3v) is 3.11. The van der Waals surface area contributed by atoms with E-state index in [4.69, 9.17) is 18.0 Å². The maximum Gasteiger partial charge on any atom is 0.228 e. The molecule has 10 heavy (non-hydrogen) atoms. The predicted octanol–water partition coefficient (Wildman–Crippen LogP) is 0.0775. The van der Waals surface area contributed by atoms with E-state index in [9.17, 15) is 8.42 Å². The summed E-state index contributed by atoms with van der Waals surface area (Å²) in [4.78, 5) is 0. The van der Waals surface area contributed by atoms with Gasteiger partial charge in [-0.3, -0.25) is 0 Å². The van der Waals surface area contributed by atoms with Crippen LogP contribution >= 0.6 is 11.6 Å². The fraction of sp³-hybridized carbons (Fsp3) is 0.600. The summed E-state index contributed by atoms with van der Waals surface area (Å²) in [6.45, 7) is 0.0645. The summed E-state index contributed by atoms with van der Waals surface area (Å²) < 4.78 is 22.6. The van der Waals surface area contributed by atoms with Gasteiger partial charge in [-0.05, 0) is 0 Å². The van der Waals surface area contributed by atoms with Crippen LogP contribution in [0.2, 0.25) is 0 Å². The lowest BCUT2D eigenvalue weighted by Gasteiger charge is -2.10. The first-order chi connectivity index (χ1) is 4.54. The lowest BCUT2D eigenvalue weighted by Crippen LogP contribution is -2.27. The average molecular weight is 182 g/mol. The number of alkyl halides is 1. The standard InChI is InChI=1S/C5H8ClNO2S/c1-3-4-7(2)10(8,9)5-6/h1H,4-5H2,2H3. The molecule has 0 aliphatic heterocycles. The number of halogens is 1. The maximum absolute atomic E-state index is 10.8. The van der Waals surface area contributed by atoms with E-state index in [1.165, 1.54) is 7.05 Å². The second kappa shape index (κ2) is 3.81. The van der Waals surface area contributed by atoms with E-state index in [1.54, 1.807) is 0 Å². The molecule has 0 saturated heterocycles. The fourth-order valence-electron chi connectivity index (χ4n) is 0.310. The van der Waals surface area contributed by atoms with E-state index in [2.05, 4.69) is 5.92 Å². The van der Waals surface area contributed by atoms with Gasteiger partial charge in [0.05, 0.1) is 6.54 Å². The lowest BCUT2D eigenvalue weighted by molar-refractivity contribution is 0.508. The fourth-order valence-corrected chi connectivity index (χ4v) is 1.25. The van der Waals surface area contributed by atoms with E-state index in [0.717, 1.165) is 4.31 Å². The van der Waals surface area contributed by atoms with Gasteiger partial charge >= 0.3 is 0 Å². The molecule has 0 aliphatic carbocycles. The molecule has 0 aromatic carbocycles. The molecule has 3 nitrogen and oxygen atoms in total. The van der Waals surface area contributed by atoms with Crippen LogP contribution in [0.5, 0.6) is 0 Å². The molecular weight excluding hydrogens is 174 g/mol. The van der Waals surface area contributed by atoms with E-state index in [1.807, 2.05) is 0 Å². The maximum atomic E-state index is 10.8. The topological polar surface area (TPSA) is 37.4 Å². The zero-order valence-corrected chi connectivity index (χ0v) is 7.11. The third-order valence-electron chi connectivity index (χ3n) is 0.927. The van der Waals surface area contributed by atoms with Crippen LogP contribution in [-0.4, -0.2) is 31.5 Å². The van der Waals surface area contributed by atoms with Crippen LogP contribution in [0.25, 0.3) is 0 Å². The summed E-state index contributed by atoms with van der Waals surface area (Å²) in [5, 5.41) is -0.425. The minimum absolute atomic E-state index is 0.0645. The minimum Gasteiger partial charge on any atom is -0.211 e. The van der Waals surface area contributed by atoms with Gasteiger partial charge in [-0.25, -0.2) is 8.42 Å². The van der Waals surface area contributed by atoms with Crippen LogP contribution in [-0.2, 0) is 10.0 Å². The molecule has 0 N–H and O–H groups in total. The summed E-state index contributed by atoms with van der Waals surface area (Å²) in [5.41, 5.74) is 0. The molecule has 0 radical (unpaired) electrons. The van der Waals surface area contributed by atoms with Gasteiger partial charge in [0.25, 0.3) is 0 Å². The molecule has 5 heteroatoms. The van der Waals surface area contributed by atoms with Crippen molar-refractivity contribution < 1.29 is 8.42 Å². The second-order valence-electron chi connectivity index (χ2n) is 1.68. The highest BCUT2D eigenvalue weighted by Gasteiger charge is 2.13. The summed E-state index contributed by atoms with van der Waals surface area (Å²) in [5.74, 6) is 2.20. The van der Waals surface area contributed by atoms with Crippen molar-refractivity contribution in [2.45, 2.75) is 0 Å². The number of nitrogens with zero attached hydrogens (tertiary/aromatic N) is 1. The molecule has 0 saturated carbocycles. The van der Waals surface area contributed by atoms with Crippen LogP contribution in [0.15, 0.2) is 0 Å². The van der Waals surface area contributed by atoms with Crippen molar-refractivity contribution in [1.29, 1.82) is 0 Å². The number of hydrogen-bond acceptors (Lipinski definition) is 2. The molecule has 0 fully saturated rings. The van der Waals surface area contributed by atoms with Crippen LogP contribution in [0.1, 0.15) is 0 Å². The van der Waals surface area contributed by atoms with Gasteiger partial charge in [0, 0.05) is 7.05 Å². The molecule has 0 unspecified atom stereocenters. The predicted molar refractivity (Wildman–Crippen MR) is 41.1 cm³/mol.